The zero-order valence-electron chi connectivity index (χ0n) is 19.2. The van der Waals surface area contributed by atoms with Gasteiger partial charge in [0.1, 0.15) is 5.39 Å². The van der Waals surface area contributed by atoms with Gasteiger partial charge >= 0.3 is 0 Å². The van der Waals surface area contributed by atoms with Crippen LogP contribution in [0.5, 0.6) is 0 Å². The number of anilines is 2. The summed E-state index contributed by atoms with van der Waals surface area (Å²) in [5.74, 6) is 1.06. The summed E-state index contributed by atoms with van der Waals surface area (Å²) in [5.41, 5.74) is 6.14. The molecule has 8 heteroatoms. The summed E-state index contributed by atoms with van der Waals surface area (Å²) in [6.07, 6.45) is 4.29. The van der Waals surface area contributed by atoms with Crippen LogP contribution in [0.2, 0.25) is 0 Å². The van der Waals surface area contributed by atoms with Crippen molar-refractivity contribution in [2.45, 2.75) is 33.4 Å². The Morgan fingerprint density at radius 2 is 2.06 bits per heavy atom. The minimum atomic E-state index is -0.173. The molecule has 0 spiro atoms. The van der Waals surface area contributed by atoms with E-state index in [-0.39, 0.29) is 5.56 Å². The maximum absolute atomic E-state index is 13.1. The number of pyridine rings is 1. The second kappa shape index (κ2) is 8.29. The molecule has 1 aromatic carbocycles. The summed E-state index contributed by atoms with van der Waals surface area (Å²) in [6.45, 7) is 10.2. The second-order valence-electron chi connectivity index (χ2n) is 8.60. The molecule has 8 nitrogen and oxygen atoms in total. The Morgan fingerprint density at radius 1 is 1.21 bits per heavy atom. The largest absolute Gasteiger partial charge is 0.324 e. The lowest BCUT2D eigenvalue weighted by Gasteiger charge is -2.27. The summed E-state index contributed by atoms with van der Waals surface area (Å²) >= 11 is 0. The first-order chi connectivity index (χ1) is 15.9. The predicted octanol–water partition coefficient (Wildman–Crippen LogP) is 3.51. The highest BCUT2D eigenvalue weighted by Gasteiger charge is 2.19. The van der Waals surface area contributed by atoms with Crippen molar-refractivity contribution in [2.75, 3.05) is 18.9 Å². The standard InChI is InChI=1S/C25H27N7O/c1-5-10-31-24(33)20-14-26-25(29-23(20)32(31)22-8-6-7-17(3)27-22)28-19-12-16(2)21-15-30(4)11-9-18(21)13-19/h5-8,12-14H,1,9-11,15H2,2-4H3,(H,26,28,29). The van der Waals surface area contributed by atoms with Gasteiger partial charge in [0.05, 0.1) is 6.54 Å². The Kier molecular flexibility index (Phi) is 5.30. The molecule has 0 fully saturated rings. The van der Waals surface area contributed by atoms with Crippen molar-refractivity contribution in [2.24, 2.45) is 0 Å². The fourth-order valence-corrected chi connectivity index (χ4v) is 4.46. The van der Waals surface area contributed by atoms with E-state index in [1.807, 2.05) is 25.1 Å². The number of aryl methyl sites for hydroxylation is 2. The number of benzene rings is 1. The van der Waals surface area contributed by atoms with E-state index in [1.54, 1.807) is 21.6 Å². The Labute approximate surface area is 192 Å². The maximum Gasteiger partial charge on any atom is 0.278 e. The van der Waals surface area contributed by atoms with Gasteiger partial charge in [0.2, 0.25) is 5.95 Å². The molecule has 0 saturated carbocycles. The SMILES string of the molecule is C=CCn1c(=O)c2cnc(Nc3cc(C)c4c(c3)CCN(C)C4)nc2n1-c1cccc(C)n1. The van der Waals surface area contributed by atoms with E-state index in [1.165, 1.54) is 16.7 Å². The molecule has 168 valence electrons. The zero-order valence-corrected chi connectivity index (χ0v) is 19.2. The van der Waals surface area contributed by atoms with E-state index >= 15 is 0 Å². The van der Waals surface area contributed by atoms with Crippen LogP contribution in [-0.2, 0) is 19.5 Å². The molecule has 4 aromatic rings. The van der Waals surface area contributed by atoms with Crippen LogP contribution in [0, 0.1) is 13.8 Å². The van der Waals surface area contributed by atoms with Crippen LogP contribution < -0.4 is 10.9 Å². The normalized spacial score (nSPS) is 13.8. The lowest BCUT2D eigenvalue weighted by Crippen LogP contribution is -2.27. The van der Waals surface area contributed by atoms with Crippen LogP contribution in [0.15, 0.2) is 54.0 Å². The van der Waals surface area contributed by atoms with Crippen molar-refractivity contribution in [1.29, 1.82) is 0 Å². The lowest BCUT2D eigenvalue weighted by molar-refractivity contribution is 0.312. The van der Waals surface area contributed by atoms with Gasteiger partial charge in [-0.05, 0) is 68.3 Å². The molecule has 1 N–H and O–H groups in total. The number of allylic oxidation sites excluding steroid dienone is 1. The van der Waals surface area contributed by atoms with Crippen LogP contribution in [0.25, 0.3) is 16.9 Å². The molecule has 4 heterocycles. The number of hydrogen-bond acceptors (Lipinski definition) is 6. The van der Waals surface area contributed by atoms with Crippen LogP contribution in [0.4, 0.5) is 11.6 Å². The summed E-state index contributed by atoms with van der Waals surface area (Å²) in [5, 5.41) is 3.79. The van der Waals surface area contributed by atoms with Crippen LogP contribution in [-0.4, -0.2) is 42.8 Å². The summed E-state index contributed by atoms with van der Waals surface area (Å²) in [4.78, 5) is 29.2. The number of likely N-dealkylation sites (N-methyl/N-ethyl adjacent to an activating group) is 1. The van der Waals surface area contributed by atoms with E-state index in [0.717, 1.165) is 30.9 Å². The Morgan fingerprint density at radius 3 is 2.85 bits per heavy atom. The van der Waals surface area contributed by atoms with E-state index < -0.39 is 0 Å². The predicted molar refractivity (Wildman–Crippen MR) is 130 cm³/mol. The van der Waals surface area contributed by atoms with Gasteiger partial charge < -0.3 is 10.2 Å². The summed E-state index contributed by atoms with van der Waals surface area (Å²) in [7, 11) is 2.15. The first-order valence-corrected chi connectivity index (χ1v) is 11.1. The van der Waals surface area contributed by atoms with Gasteiger partial charge in [-0.25, -0.2) is 19.3 Å². The molecule has 0 atom stereocenters. The average molecular weight is 442 g/mol. The van der Waals surface area contributed by atoms with Gasteiger partial charge in [-0.3, -0.25) is 4.79 Å². The first-order valence-electron chi connectivity index (χ1n) is 11.1. The Hall–Kier alpha value is -3.78. The first kappa shape index (κ1) is 21.1. The number of aromatic nitrogens is 5. The van der Waals surface area contributed by atoms with Crippen molar-refractivity contribution < 1.29 is 0 Å². The highest BCUT2D eigenvalue weighted by Crippen LogP contribution is 2.27. The average Bonchev–Trinajstić information content (AvgIpc) is 3.06. The van der Waals surface area contributed by atoms with Gasteiger partial charge in [-0.15, -0.1) is 6.58 Å². The fourth-order valence-electron chi connectivity index (χ4n) is 4.46. The minimum absolute atomic E-state index is 0.173. The Balaban J connectivity index is 1.60. The number of fused-ring (bicyclic) bond motifs is 2. The lowest BCUT2D eigenvalue weighted by atomic mass is 9.95. The number of rotatable bonds is 5. The van der Waals surface area contributed by atoms with Crippen LogP contribution in [0.1, 0.15) is 22.4 Å². The summed E-state index contributed by atoms with van der Waals surface area (Å²) in [6, 6.07) is 10.0. The zero-order chi connectivity index (χ0) is 23.1. The van der Waals surface area contributed by atoms with E-state index in [9.17, 15) is 4.79 Å². The van der Waals surface area contributed by atoms with Gasteiger partial charge in [0.15, 0.2) is 11.5 Å². The molecule has 0 saturated heterocycles. The van der Waals surface area contributed by atoms with Gasteiger partial charge in [0, 0.05) is 30.7 Å². The third-order valence-electron chi connectivity index (χ3n) is 6.08. The highest BCUT2D eigenvalue weighted by atomic mass is 16.1. The fraction of sp³-hybridized carbons (Fsp3) is 0.280. The van der Waals surface area contributed by atoms with Crippen LogP contribution >= 0.6 is 0 Å². The minimum Gasteiger partial charge on any atom is -0.324 e. The Bertz CT molecular complexity index is 1430. The van der Waals surface area contributed by atoms with Gasteiger partial charge in [0.25, 0.3) is 5.56 Å². The monoisotopic (exact) mass is 441 g/mol. The second-order valence-corrected chi connectivity index (χ2v) is 8.60. The van der Waals surface area contributed by atoms with Gasteiger partial charge in [-0.1, -0.05) is 12.1 Å². The van der Waals surface area contributed by atoms with Crippen LogP contribution in [0.3, 0.4) is 0 Å². The molecule has 0 unspecified atom stereocenters. The van der Waals surface area contributed by atoms with Crippen molar-refractivity contribution in [1.82, 2.24) is 29.2 Å². The van der Waals surface area contributed by atoms with E-state index in [4.69, 9.17) is 4.98 Å². The number of hydrogen-bond donors (Lipinski definition) is 1. The molecule has 0 amide bonds. The molecule has 1 aliphatic heterocycles. The third kappa shape index (κ3) is 3.82. The molecule has 0 radical (unpaired) electrons. The molecular formula is C25H27N7O. The summed E-state index contributed by atoms with van der Waals surface area (Å²) < 4.78 is 3.32. The molecule has 33 heavy (non-hydrogen) atoms. The van der Waals surface area contributed by atoms with Crippen molar-refractivity contribution in [3.63, 3.8) is 0 Å². The molecule has 5 rings (SSSR count). The topological polar surface area (TPSA) is 80.9 Å². The number of nitrogens with zero attached hydrogens (tertiary/aromatic N) is 6. The van der Waals surface area contributed by atoms with Crippen molar-refractivity contribution >= 4 is 22.7 Å². The molecule has 3 aromatic heterocycles. The molecular weight excluding hydrogens is 414 g/mol. The molecule has 1 aliphatic rings. The van der Waals surface area contributed by atoms with E-state index in [0.29, 0.717) is 29.3 Å². The van der Waals surface area contributed by atoms with E-state index in [2.05, 4.69) is 52.9 Å². The van der Waals surface area contributed by atoms with Crippen molar-refractivity contribution in [3.05, 3.63) is 81.9 Å². The molecule has 0 aliphatic carbocycles. The smallest absolute Gasteiger partial charge is 0.278 e. The molecule has 0 bridgehead atoms. The van der Waals surface area contributed by atoms with Gasteiger partial charge in [-0.2, -0.15) is 4.98 Å². The van der Waals surface area contributed by atoms with Crippen molar-refractivity contribution in [3.8, 4) is 5.82 Å². The maximum atomic E-state index is 13.1. The highest BCUT2D eigenvalue weighted by molar-refractivity contribution is 5.77. The number of nitrogens with one attached hydrogen (secondary N) is 1. The third-order valence-corrected chi connectivity index (χ3v) is 6.08. The quantitative estimate of drug-likeness (QED) is 0.478.